The van der Waals surface area contributed by atoms with Gasteiger partial charge in [0.2, 0.25) is 0 Å². The molecule has 1 aliphatic heterocycles. The van der Waals surface area contributed by atoms with Crippen LogP contribution in [-0.4, -0.2) is 62.6 Å². The van der Waals surface area contributed by atoms with E-state index in [9.17, 15) is 19.1 Å². The molecule has 0 spiro atoms. The van der Waals surface area contributed by atoms with Gasteiger partial charge in [0.25, 0.3) is 11.7 Å². The molecule has 2 heterocycles. The number of Topliss-reactive ketones (excluding diaryl/α,β-unsaturated/α-hetero) is 1. The molecular weight excluding hydrogens is 459 g/mol. The van der Waals surface area contributed by atoms with Crippen molar-refractivity contribution in [3.05, 3.63) is 89.0 Å². The van der Waals surface area contributed by atoms with Gasteiger partial charge in [-0.2, -0.15) is 5.10 Å². The molecule has 0 aliphatic carbocycles. The largest absolute Gasteiger partial charge is 0.507 e. The van der Waals surface area contributed by atoms with Crippen molar-refractivity contribution in [1.29, 1.82) is 0 Å². The van der Waals surface area contributed by atoms with Crippen LogP contribution < -0.4 is 0 Å². The van der Waals surface area contributed by atoms with Gasteiger partial charge in [0.1, 0.15) is 11.6 Å². The minimum Gasteiger partial charge on any atom is -0.507 e. The minimum absolute atomic E-state index is 0.0517. The number of aliphatic hydroxyl groups is 1. The number of benzene rings is 2. The predicted molar refractivity (Wildman–Crippen MR) is 136 cm³/mol. The van der Waals surface area contributed by atoms with Crippen molar-refractivity contribution in [1.82, 2.24) is 19.6 Å². The van der Waals surface area contributed by atoms with E-state index in [-0.39, 0.29) is 11.3 Å². The molecule has 3 aromatic rings. The summed E-state index contributed by atoms with van der Waals surface area (Å²) in [5, 5.41) is 15.8. The lowest BCUT2D eigenvalue weighted by Crippen LogP contribution is -2.33. The fourth-order valence-electron chi connectivity index (χ4n) is 4.76. The molecular formula is C28H31FN4O3. The van der Waals surface area contributed by atoms with Gasteiger partial charge in [0.05, 0.1) is 34.8 Å². The maximum absolute atomic E-state index is 14.2. The van der Waals surface area contributed by atoms with Crippen LogP contribution in [0.2, 0.25) is 0 Å². The van der Waals surface area contributed by atoms with Crippen LogP contribution in [0.15, 0.2) is 66.4 Å². The molecule has 0 radical (unpaired) electrons. The molecule has 0 unspecified atom stereocenters. The summed E-state index contributed by atoms with van der Waals surface area (Å²) in [5.41, 5.74) is 2.15. The number of rotatable bonds is 9. The molecule has 0 saturated carbocycles. The second kappa shape index (κ2) is 10.9. The highest BCUT2D eigenvalue weighted by Crippen LogP contribution is 2.40. The summed E-state index contributed by atoms with van der Waals surface area (Å²) < 4.78 is 15.9. The Hall–Kier alpha value is -3.78. The first-order chi connectivity index (χ1) is 17.4. The number of nitrogens with zero attached hydrogens (tertiary/aromatic N) is 4. The third-order valence-electron chi connectivity index (χ3n) is 6.74. The molecule has 188 valence electrons. The molecule has 36 heavy (non-hydrogen) atoms. The number of amides is 1. The summed E-state index contributed by atoms with van der Waals surface area (Å²) in [6.07, 6.45) is 2.12. The van der Waals surface area contributed by atoms with Gasteiger partial charge in [-0.3, -0.25) is 9.59 Å². The lowest BCUT2D eigenvalue weighted by Gasteiger charge is -2.26. The first-order valence-corrected chi connectivity index (χ1v) is 12.2. The van der Waals surface area contributed by atoms with Crippen molar-refractivity contribution in [3.63, 3.8) is 0 Å². The Balaban J connectivity index is 1.77. The number of aliphatic hydroxyl groups excluding tert-OH is 1. The van der Waals surface area contributed by atoms with E-state index in [2.05, 4.69) is 23.8 Å². The third-order valence-corrected chi connectivity index (χ3v) is 6.74. The second-order valence-electron chi connectivity index (χ2n) is 8.82. The zero-order chi connectivity index (χ0) is 25.8. The Bertz CT molecular complexity index is 1280. The van der Waals surface area contributed by atoms with Gasteiger partial charge in [-0.05, 0) is 62.8 Å². The van der Waals surface area contributed by atoms with Crippen LogP contribution in [0.25, 0.3) is 11.4 Å². The number of halogens is 1. The Morgan fingerprint density at radius 3 is 2.47 bits per heavy atom. The average Bonchev–Trinajstić information content (AvgIpc) is 3.39. The minimum atomic E-state index is -0.892. The standard InChI is InChI=1S/C28H31FN4O3/c1-4-31(5-2)15-10-16-32-25(20-11-9-12-21(29)17-20)24(27(35)28(32)36)26(34)23-18-30-33(19(23)3)22-13-7-6-8-14-22/h6-9,11-14,17-18,25,34H,4-5,10,15-16H2,1-3H3/t25-/m1/s1. The summed E-state index contributed by atoms with van der Waals surface area (Å²) in [7, 11) is 0. The number of para-hydroxylation sites is 1. The molecule has 1 atom stereocenters. The van der Waals surface area contributed by atoms with E-state index < -0.39 is 23.5 Å². The van der Waals surface area contributed by atoms with Gasteiger partial charge < -0.3 is 14.9 Å². The van der Waals surface area contributed by atoms with Crippen LogP contribution in [0.4, 0.5) is 4.39 Å². The zero-order valence-corrected chi connectivity index (χ0v) is 20.8. The topological polar surface area (TPSA) is 78.7 Å². The highest BCUT2D eigenvalue weighted by atomic mass is 19.1. The highest BCUT2D eigenvalue weighted by molar-refractivity contribution is 6.46. The number of hydrogen-bond donors (Lipinski definition) is 1. The number of ketones is 1. The number of likely N-dealkylation sites (tertiary alicyclic amines) is 1. The van der Waals surface area contributed by atoms with Crippen molar-refractivity contribution >= 4 is 17.4 Å². The summed E-state index contributed by atoms with van der Waals surface area (Å²) in [5.74, 6) is -2.27. The molecule has 1 fully saturated rings. The fourth-order valence-corrected chi connectivity index (χ4v) is 4.76. The van der Waals surface area contributed by atoms with Crippen molar-refractivity contribution in [2.75, 3.05) is 26.2 Å². The SMILES string of the molecule is CCN(CC)CCCN1C(=O)C(=O)C(=C(O)c2cnn(-c3ccccc3)c2C)[C@H]1c1cccc(F)c1. The lowest BCUT2D eigenvalue weighted by molar-refractivity contribution is -0.140. The quantitative estimate of drug-likeness (QED) is 0.272. The lowest BCUT2D eigenvalue weighted by atomic mass is 9.95. The van der Waals surface area contributed by atoms with Crippen LogP contribution in [0, 0.1) is 12.7 Å². The van der Waals surface area contributed by atoms with E-state index >= 15 is 0 Å². The summed E-state index contributed by atoms with van der Waals surface area (Å²) in [6, 6.07) is 14.3. The van der Waals surface area contributed by atoms with E-state index in [1.54, 1.807) is 23.7 Å². The van der Waals surface area contributed by atoms with Crippen molar-refractivity contribution in [2.24, 2.45) is 0 Å². The zero-order valence-electron chi connectivity index (χ0n) is 20.8. The van der Waals surface area contributed by atoms with E-state index in [0.29, 0.717) is 29.8 Å². The van der Waals surface area contributed by atoms with Crippen LogP contribution in [0.1, 0.15) is 43.1 Å². The molecule has 1 aromatic heterocycles. The molecule has 1 N–H and O–H groups in total. The van der Waals surface area contributed by atoms with Gasteiger partial charge >= 0.3 is 0 Å². The Labute approximate surface area is 210 Å². The van der Waals surface area contributed by atoms with E-state index in [4.69, 9.17) is 0 Å². The average molecular weight is 491 g/mol. The molecule has 1 saturated heterocycles. The van der Waals surface area contributed by atoms with Crippen LogP contribution in [0.5, 0.6) is 0 Å². The van der Waals surface area contributed by atoms with Gasteiger partial charge in [-0.1, -0.05) is 44.2 Å². The number of carbonyl (C=O) groups is 2. The molecule has 7 nitrogen and oxygen atoms in total. The molecule has 1 amide bonds. The predicted octanol–water partition coefficient (Wildman–Crippen LogP) is 4.47. The maximum Gasteiger partial charge on any atom is 0.295 e. The van der Waals surface area contributed by atoms with Crippen molar-refractivity contribution in [3.8, 4) is 5.69 Å². The first kappa shape index (κ1) is 25.3. The number of hydrogen-bond acceptors (Lipinski definition) is 5. The van der Waals surface area contributed by atoms with E-state index in [0.717, 1.165) is 25.3 Å². The van der Waals surface area contributed by atoms with Crippen molar-refractivity contribution < 1.29 is 19.1 Å². The smallest absolute Gasteiger partial charge is 0.295 e. The van der Waals surface area contributed by atoms with Gasteiger partial charge in [-0.15, -0.1) is 0 Å². The van der Waals surface area contributed by atoms with E-state index in [1.165, 1.54) is 23.2 Å². The van der Waals surface area contributed by atoms with Crippen LogP contribution in [-0.2, 0) is 9.59 Å². The molecule has 2 aromatic carbocycles. The molecule has 8 heteroatoms. The van der Waals surface area contributed by atoms with E-state index in [1.807, 2.05) is 30.3 Å². The monoisotopic (exact) mass is 490 g/mol. The summed E-state index contributed by atoms with van der Waals surface area (Å²) >= 11 is 0. The molecule has 1 aliphatic rings. The van der Waals surface area contributed by atoms with Gasteiger partial charge in [-0.25, -0.2) is 9.07 Å². The summed E-state index contributed by atoms with van der Waals surface area (Å²) in [4.78, 5) is 30.1. The molecule has 0 bridgehead atoms. The highest BCUT2D eigenvalue weighted by Gasteiger charge is 2.46. The Morgan fingerprint density at radius 1 is 1.08 bits per heavy atom. The Morgan fingerprint density at radius 2 is 1.81 bits per heavy atom. The van der Waals surface area contributed by atoms with Crippen molar-refractivity contribution in [2.45, 2.75) is 33.2 Å². The maximum atomic E-state index is 14.2. The Kier molecular flexibility index (Phi) is 7.64. The number of carbonyl (C=O) groups excluding carboxylic acids is 2. The molecule has 4 rings (SSSR count). The van der Waals surface area contributed by atoms with Crippen LogP contribution >= 0.6 is 0 Å². The van der Waals surface area contributed by atoms with Crippen LogP contribution in [0.3, 0.4) is 0 Å². The van der Waals surface area contributed by atoms with Gasteiger partial charge in [0, 0.05) is 6.54 Å². The second-order valence-corrected chi connectivity index (χ2v) is 8.82. The third kappa shape index (κ3) is 4.81. The van der Waals surface area contributed by atoms with Gasteiger partial charge in [0.15, 0.2) is 0 Å². The normalized spacial score (nSPS) is 17.4. The number of aromatic nitrogens is 2. The fraction of sp³-hybridized carbons (Fsp3) is 0.321. The summed E-state index contributed by atoms with van der Waals surface area (Å²) in [6.45, 7) is 8.75. The first-order valence-electron chi connectivity index (χ1n) is 12.2.